The van der Waals surface area contributed by atoms with Crippen LogP contribution >= 0.6 is 0 Å². The first-order valence-electron chi connectivity index (χ1n) is 9.94. The zero-order valence-electron chi connectivity index (χ0n) is 16.3. The van der Waals surface area contributed by atoms with Crippen LogP contribution in [0.1, 0.15) is 90.9 Å². The van der Waals surface area contributed by atoms with Gasteiger partial charge in [-0.15, -0.1) is 0 Å². The molecule has 0 aromatic rings. The van der Waals surface area contributed by atoms with E-state index in [0.29, 0.717) is 0 Å². The number of nitrogens with two attached hydrogens (primary N) is 3. The van der Waals surface area contributed by atoms with Crippen molar-refractivity contribution >= 4 is 11.9 Å². The summed E-state index contributed by atoms with van der Waals surface area (Å²) in [7, 11) is 0. The molecule has 25 heavy (non-hydrogen) atoms. The van der Waals surface area contributed by atoms with Crippen LogP contribution in [0.4, 0.5) is 0 Å². The Hall–Kier alpha value is -1.50. The maximum atomic E-state index is 7.51. The molecule has 148 valence electrons. The standard InChI is InChI=1S/C18H41N7/c1-3-5-7-9-11-13-15(24-17(19)20)23-16(25-18(21)22)14-12-10-8-6-4-2/h15-16,23H,3-14H2,1-2H3,(H4,19,20,24)(H4,21,22,25). The van der Waals surface area contributed by atoms with Gasteiger partial charge in [0.2, 0.25) is 0 Å². The van der Waals surface area contributed by atoms with Gasteiger partial charge in [-0.25, -0.2) is 4.99 Å². The van der Waals surface area contributed by atoms with Gasteiger partial charge in [0.25, 0.3) is 0 Å². The van der Waals surface area contributed by atoms with Crippen LogP contribution in [0.2, 0.25) is 0 Å². The van der Waals surface area contributed by atoms with Crippen LogP contribution in [0.25, 0.3) is 0 Å². The predicted octanol–water partition coefficient (Wildman–Crippen LogP) is 2.71. The number of nitrogens with one attached hydrogen (secondary N) is 3. The molecule has 0 aromatic heterocycles. The molecule has 0 heterocycles. The van der Waals surface area contributed by atoms with Crippen molar-refractivity contribution in [2.75, 3.05) is 0 Å². The summed E-state index contributed by atoms with van der Waals surface area (Å²) >= 11 is 0. The summed E-state index contributed by atoms with van der Waals surface area (Å²) in [5, 5.41) is 13.9. The van der Waals surface area contributed by atoms with Gasteiger partial charge < -0.3 is 22.5 Å². The van der Waals surface area contributed by atoms with Crippen molar-refractivity contribution in [3.05, 3.63) is 0 Å². The van der Waals surface area contributed by atoms with Crippen molar-refractivity contribution in [2.45, 2.75) is 103 Å². The first-order valence-corrected chi connectivity index (χ1v) is 9.94. The van der Waals surface area contributed by atoms with E-state index in [-0.39, 0.29) is 24.3 Å². The molecule has 7 nitrogen and oxygen atoms in total. The van der Waals surface area contributed by atoms with Crippen molar-refractivity contribution in [2.24, 2.45) is 22.2 Å². The largest absolute Gasteiger partial charge is 0.370 e. The van der Waals surface area contributed by atoms with E-state index >= 15 is 0 Å². The molecule has 0 saturated carbocycles. The highest BCUT2D eigenvalue weighted by atomic mass is 15.2. The van der Waals surface area contributed by atoms with Gasteiger partial charge in [-0.2, -0.15) is 0 Å². The van der Waals surface area contributed by atoms with Crippen molar-refractivity contribution in [1.82, 2.24) is 10.6 Å². The molecule has 0 aliphatic rings. The molecule has 0 aliphatic heterocycles. The molecule has 0 aromatic carbocycles. The van der Waals surface area contributed by atoms with E-state index < -0.39 is 0 Å². The van der Waals surface area contributed by atoms with Gasteiger partial charge in [-0.3, -0.25) is 10.7 Å². The molecule has 0 radical (unpaired) electrons. The predicted molar refractivity (Wildman–Crippen MR) is 108 cm³/mol. The Morgan fingerprint density at radius 1 is 0.840 bits per heavy atom. The van der Waals surface area contributed by atoms with Crippen LogP contribution in [0.15, 0.2) is 4.99 Å². The quantitative estimate of drug-likeness (QED) is 0.109. The average Bonchev–Trinajstić information content (AvgIpc) is 2.53. The number of aliphatic imine (C=N–C) groups is 1. The van der Waals surface area contributed by atoms with Gasteiger partial charge in [0.15, 0.2) is 11.9 Å². The van der Waals surface area contributed by atoms with Crippen LogP contribution in [-0.4, -0.2) is 24.3 Å². The van der Waals surface area contributed by atoms with Crippen molar-refractivity contribution < 1.29 is 0 Å². The first kappa shape index (κ1) is 23.5. The Bertz CT molecular complexity index is 353. The maximum absolute atomic E-state index is 7.51. The fraction of sp³-hybridized carbons (Fsp3) is 0.889. The molecule has 0 amide bonds. The van der Waals surface area contributed by atoms with Gasteiger partial charge in [0.1, 0.15) is 6.17 Å². The van der Waals surface area contributed by atoms with E-state index in [0.717, 1.165) is 25.7 Å². The van der Waals surface area contributed by atoms with E-state index in [2.05, 4.69) is 29.5 Å². The zero-order chi connectivity index (χ0) is 18.9. The van der Waals surface area contributed by atoms with Crippen LogP contribution in [-0.2, 0) is 0 Å². The van der Waals surface area contributed by atoms with E-state index in [1.165, 1.54) is 51.4 Å². The summed E-state index contributed by atoms with van der Waals surface area (Å²) in [5.74, 6) is 0.0630. The number of hydrogen-bond donors (Lipinski definition) is 6. The lowest BCUT2D eigenvalue weighted by Gasteiger charge is -2.25. The van der Waals surface area contributed by atoms with Crippen molar-refractivity contribution in [3.8, 4) is 0 Å². The topological polar surface area (TPSA) is 138 Å². The van der Waals surface area contributed by atoms with E-state index in [4.69, 9.17) is 22.6 Å². The number of nitrogens with zero attached hydrogens (tertiary/aromatic N) is 1. The molecule has 0 aliphatic carbocycles. The first-order chi connectivity index (χ1) is 12.0. The van der Waals surface area contributed by atoms with Crippen LogP contribution in [0.3, 0.4) is 0 Å². The highest BCUT2D eigenvalue weighted by molar-refractivity contribution is 5.76. The second-order valence-corrected chi connectivity index (χ2v) is 6.75. The molecule has 2 unspecified atom stereocenters. The third-order valence-corrected chi connectivity index (χ3v) is 4.21. The summed E-state index contributed by atoms with van der Waals surface area (Å²) in [4.78, 5) is 4.31. The molecule has 0 spiro atoms. The Labute approximate surface area is 154 Å². The molecule has 0 saturated heterocycles. The highest BCUT2D eigenvalue weighted by Crippen LogP contribution is 2.11. The summed E-state index contributed by atoms with van der Waals surface area (Å²) in [6, 6.07) is 0. The number of guanidine groups is 2. The van der Waals surface area contributed by atoms with E-state index in [1.807, 2.05) is 0 Å². The van der Waals surface area contributed by atoms with Gasteiger partial charge in [-0.1, -0.05) is 71.6 Å². The lowest BCUT2D eigenvalue weighted by atomic mass is 10.1. The average molecular weight is 356 g/mol. The molecule has 9 N–H and O–H groups in total. The monoisotopic (exact) mass is 355 g/mol. The van der Waals surface area contributed by atoms with Crippen molar-refractivity contribution in [1.29, 1.82) is 5.41 Å². The Morgan fingerprint density at radius 2 is 1.36 bits per heavy atom. The molecule has 0 bridgehead atoms. The minimum atomic E-state index is -0.140. The summed E-state index contributed by atoms with van der Waals surface area (Å²) in [5.41, 5.74) is 16.7. The van der Waals surface area contributed by atoms with E-state index in [1.54, 1.807) is 0 Å². The molecule has 0 fully saturated rings. The smallest absolute Gasteiger partial charge is 0.187 e. The number of hydrogen-bond acceptors (Lipinski definition) is 3. The minimum absolute atomic E-state index is 0.0301. The zero-order valence-corrected chi connectivity index (χ0v) is 16.3. The normalized spacial score (nSPS) is 13.2. The summed E-state index contributed by atoms with van der Waals surface area (Å²) < 4.78 is 0. The molecule has 7 heteroatoms. The Kier molecular flexibility index (Phi) is 15.0. The highest BCUT2D eigenvalue weighted by Gasteiger charge is 2.15. The Balaban J connectivity index is 4.44. The fourth-order valence-corrected chi connectivity index (χ4v) is 2.88. The fourth-order valence-electron chi connectivity index (χ4n) is 2.88. The molecular weight excluding hydrogens is 314 g/mol. The Morgan fingerprint density at radius 3 is 1.84 bits per heavy atom. The second kappa shape index (κ2) is 16.0. The number of unbranched alkanes of at least 4 members (excludes halogenated alkanes) is 8. The lowest BCUT2D eigenvalue weighted by Crippen LogP contribution is -2.51. The molecule has 0 rings (SSSR count). The van der Waals surface area contributed by atoms with Gasteiger partial charge >= 0.3 is 0 Å². The molecule has 2 atom stereocenters. The van der Waals surface area contributed by atoms with Gasteiger partial charge in [0.05, 0.1) is 6.17 Å². The second-order valence-electron chi connectivity index (χ2n) is 6.75. The van der Waals surface area contributed by atoms with Gasteiger partial charge in [0, 0.05) is 0 Å². The van der Waals surface area contributed by atoms with Crippen LogP contribution < -0.4 is 27.8 Å². The minimum Gasteiger partial charge on any atom is -0.370 e. The SMILES string of the molecule is CCCCCCCC(N=C(N)N)NC(CCCCCCC)NC(=N)N. The van der Waals surface area contributed by atoms with Gasteiger partial charge in [-0.05, 0) is 19.3 Å². The summed E-state index contributed by atoms with van der Waals surface area (Å²) in [6.07, 6.45) is 13.6. The third kappa shape index (κ3) is 15.8. The molecular formula is C18H41N7. The van der Waals surface area contributed by atoms with Crippen molar-refractivity contribution in [3.63, 3.8) is 0 Å². The third-order valence-electron chi connectivity index (χ3n) is 4.21. The summed E-state index contributed by atoms with van der Waals surface area (Å²) in [6.45, 7) is 4.42. The number of rotatable bonds is 16. The van der Waals surface area contributed by atoms with Crippen LogP contribution in [0, 0.1) is 5.41 Å². The lowest BCUT2D eigenvalue weighted by molar-refractivity contribution is 0.360. The van der Waals surface area contributed by atoms with Crippen LogP contribution in [0.5, 0.6) is 0 Å². The maximum Gasteiger partial charge on any atom is 0.187 e. The van der Waals surface area contributed by atoms with E-state index in [9.17, 15) is 0 Å².